The summed E-state index contributed by atoms with van der Waals surface area (Å²) in [5, 5.41) is 9.71. The third kappa shape index (κ3) is 2.36. The van der Waals surface area contributed by atoms with E-state index in [1.807, 2.05) is 29.7 Å². The average molecular weight is 335 g/mol. The molecule has 5 heteroatoms. The molecule has 0 aliphatic heterocycles. The van der Waals surface area contributed by atoms with Gasteiger partial charge in [0, 0.05) is 18.7 Å². The van der Waals surface area contributed by atoms with E-state index in [0.717, 1.165) is 16.7 Å². The second kappa shape index (κ2) is 5.70. The highest BCUT2D eigenvalue weighted by Gasteiger charge is 2.29. The summed E-state index contributed by atoms with van der Waals surface area (Å²) in [5.74, 6) is -0.686. The number of aromatic nitrogens is 2. The van der Waals surface area contributed by atoms with Crippen LogP contribution in [0.2, 0.25) is 0 Å². The minimum atomic E-state index is -0.404. The largest absolute Gasteiger partial charge is 0.508 e. The Balaban J connectivity index is 2.13. The number of phenolic OH excluding ortho intramolecular Hbond substituents is 1. The molecule has 1 N–H and O–H groups in total. The van der Waals surface area contributed by atoms with Gasteiger partial charge in [-0.1, -0.05) is 13.0 Å². The average Bonchev–Trinajstić information content (AvgIpc) is 3.09. The van der Waals surface area contributed by atoms with Crippen molar-refractivity contribution >= 4 is 22.5 Å². The molecule has 25 heavy (non-hydrogen) atoms. The molecule has 0 fully saturated rings. The zero-order valence-electron chi connectivity index (χ0n) is 13.6. The normalized spacial score (nSPS) is 11.3. The van der Waals surface area contributed by atoms with E-state index in [1.54, 1.807) is 22.8 Å². The zero-order chi connectivity index (χ0) is 17.6. The number of aryl methyl sites for hydroxylation is 1. The van der Waals surface area contributed by atoms with Crippen molar-refractivity contribution in [3.63, 3.8) is 0 Å². The van der Waals surface area contributed by atoms with E-state index in [0.29, 0.717) is 17.5 Å². The van der Waals surface area contributed by atoms with Gasteiger partial charge in [-0.15, -0.1) is 4.57 Å². The quantitative estimate of drug-likeness (QED) is 0.570. The molecule has 0 aliphatic carbocycles. The van der Waals surface area contributed by atoms with E-state index in [2.05, 4.69) is 0 Å². The molecule has 0 atom stereocenters. The van der Waals surface area contributed by atoms with Crippen LogP contribution >= 0.6 is 0 Å². The first-order chi connectivity index (χ1) is 12.1. The van der Waals surface area contributed by atoms with Crippen LogP contribution in [0.4, 0.5) is 4.39 Å². The molecule has 4 rings (SSSR count). The summed E-state index contributed by atoms with van der Waals surface area (Å²) in [6, 6.07) is 14.5. The summed E-state index contributed by atoms with van der Waals surface area (Å²) in [5.41, 5.74) is 3.27. The van der Waals surface area contributed by atoms with E-state index < -0.39 is 5.82 Å². The highest BCUT2D eigenvalue weighted by Crippen LogP contribution is 2.20. The van der Waals surface area contributed by atoms with Crippen LogP contribution in [0.15, 0.2) is 60.8 Å². The summed E-state index contributed by atoms with van der Waals surface area (Å²) in [4.78, 5) is 13.2. The monoisotopic (exact) mass is 335 g/mol. The first kappa shape index (κ1) is 15.3. The van der Waals surface area contributed by atoms with Crippen molar-refractivity contribution in [1.82, 2.24) is 4.40 Å². The van der Waals surface area contributed by atoms with E-state index in [4.69, 9.17) is 0 Å². The molecule has 2 heterocycles. The number of hydrogen-bond donors (Lipinski definition) is 1. The number of benzene rings is 2. The SMILES string of the molecule is CCc1c2cccn2c2ccc(F)cc2[n+]1C(=O)c1cccc(O)c1. The molecule has 0 saturated heterocycles. The maximum absolute atomic E-state index is 13.9. The molecule has 4 aromatic rings. The number of halogens is 1. The molecule has 0 aliphatic rings. The maximum Gasteiger partial charge on any atom is 0.425 e. The Labute approximate surface area is 143 Å². The summed E-state index contributed by atoms with van der Waals surface area (Å²) in [7, 11) is 0. The van der Waals surface area contributed by atoms with Crippen LogP contribution in [0, 0.1) is 5.82 Å². The Kier molecular flexibility index (Phi) is 3.50. The van der Waals surface area contributed by atoms with Gasteiger partial charge in [0.05, 0.1) is 5.56 Å². The van der Waals surface area contributed by atoms with Crippen molar-refractivity contribution in [3.05, 3.63) is 77.9 Å². The Hall–Kier alpha value is -3.21. The predicted octanol–water partition coefficient (Wildman–Crippen LogP) is 3.48. The van der Waals surface area contributed by atoms with Crippen LogP contribution in [0.5, 0.6) is 5.75 Å². The molecule has 0 radical (unpaired) electrons. The molecular formula is C20H16FN2O2+. The van der Waals surface area contributed by atoms with Gasteiger partial charge in [-0.05, 0) is 42.5 Å². The zero-order valence-corrected chi connectivity index (χ0v) is 13.6. The Bertz CT molecular complexity index is 1130. The number of fused-ring (bicyclic) bond motifs is 3. The molecular weight excluding hydrogens is 319 g/mol. The number of hydrogen-bond acceptors (Lipinski definition) is 2. The lowest BCUT2D eigenvalue weighted by Crippen LogP contribution is -2.48. The molecule has 0 unspecified atom stereocenters. The molecule has 2 aromatic heterocycles. The first-order valence-electron chi connectivity index (χ1n) is 8.07. The lowest BCUT2D eigenvalue weighted by atomic mass is 10.1. The number of nitrogens with zero attached hydrogens (tertiary/aromatic N) is 2. The van der Waals surface area contributed by atoms with Gasteiger partial charge in [0.25, 0.3) is 0 Å². The lowest BCUT2D eigenvalue weighted by molar-refractivity contribution is -0.550. The van der Waals surface area contributed by atoms with E-state index >= 15 is 0 Å². The van der Waals surface area contributed by atoms with Crippen LogP contribution < -0.4 is 4.57 Å². The number of aromatic hydroxyl groups is 1. The molecule has 124 valence electrons. The first-order valence-corrected chi connectivity index (χ1v) is 8.07. The number of carbonyl (C=O) groups excluding carboxylic acids is 1. The molecule has 0 spiro atoms. The van der Waals surface area contributed by atoms with E-state index in [-0.39, 0.29) is 11.7 Å². The topological polar surface area (TPSA) is 45.6 Å². The number of carbonyl (C=O) groups is 1. The third-order valence-electron chi connectivity index (χ3n) is 4.38. The van der Waals surface area contributed by atoms with Gasteiger partial charge in [0.2, 0.25) is 11.2 Å². The predicted molar refractivity (Wildman–Crippen MR) is 92.3 cm³/mol. The summed E-state index contributed by atoms with van der Waals surface area (Å²) >= 11 is 0. The molecule has 2 aromatic carbocycles. The molecule has 4 nitrogen and oxygen atoms in total. The van der Waals surface area contributed by atoms with Gasteiger partial charge >= 0.3 is 5.91 Å². The van der Waals surface area contributed by atoms with Crippen LogP contribution in [0.1, 0.15) is 23.0 Å². The van der Waals surface area contributed by atoms with E-state index in [9.17, 15) is 14.3 Å². The fraction of sp³-hybridized carbons (Fsp3) is 0.100. The van der Waals surface area contributed by atoms with Gasteiger partial charge in [0.1, 0.15) is 22.6 Å². The highest BCUT2D eigenvalue weighted by atomic mass is 19.1. The number of rotatable bonds is 2. The van der Waals surface area contributed by atoms with Gasteiger partial charge in [-0.2, -0.15) is 0 Å². The maximum atomic E-state index is 13.9. The second-order valence-corrected chi connectivity index (χ2v) is 5.89. The van der Waals surface area contributed by atoms with Crippen molar-refractivity contribution in [2.75, 3.05) is 0 Å². The fourth-order valence-electron chi connectivity index (χ4n) is 3.30. The van der Waals surface area contributed by atoms with Crippen LogP contribution in [0.3, 0.4) is 0 Å². The lowest BCUT2D eigenvalue weighted by Gasteiger charge is -2.09. The van der Waals surface area contributed by atoms with Crippen molar-refractivity contribution in [3.8, 4) is 5.75 Å². The van der Waals surface area contributed by atoms with Gasteiger partial charge in [0.15, 0.2) is 0 Å². The fourth-order valence-corrected chi connectivity index (χ4v) is 3.30. The minimum Gasteiger partial charge on any atom is -0.508 e. The van der Waals surface area contributed by atoms with Crippen molar-refractivity contribution in [2.45, 2.75) is 13.3 Å². The van der Waals surface area contributed by atoms with Gasteiger partial charge in [-0.25, -0.2) is 9.18 Å². The van der Waals surface area contributed by atoms with Crippen molar-refractivity contribution in [2.24, 2.45) is 0 Å². The van der Waals surface area contributed by atoms with Crippen LogP contribution in [0.25, 0.3) is 16.6 Å². The van der Waals surface area contributed by atoms with Gasteiger partial charge in [-0.3, -0.25) is 0 Å². The smallest absolute Gasteiger partial charge is 0.425 e. The molecule has 0 saturated carbocycles. The van der Waals surface area contributed by atoms with Crippen molar-refractivity contribution in [1.29, 1.82) is 0 Å². The van der Waals surface area contributed by atoms with E-state index in [1.165, 1.54) is 24.3 Å². The minimum absolute atomic E-state index is 0.0174. The van der Waals surface area contributed by atoms with Crippen molar-refractivity contribution < 1.29 is 18.9 Å². The standard InChI is InChI=1S/C20H15FN2O2/c1-2-16-17-7-4-10-22(17)18-9-8-14(21)12-19(18)23(16)20(25)13-5-3-6-15(24)11-13/h3-12H,2H2,1H3/p+1. The van der Waals surface area contributed by atoms with Gasteiger partial charge < -0.3 is 9.51 Å². The highest BCUT2D eigenvalue weighted by molar-refractivity contribution is 5.91. The van der Waals surface area contributed by atoms with Crippen LogP contribution in [-0.4, -0.2) is 15.4 Å². The Morgan fingerprint density at radius 2 is 1.96 bits per heavy atom. The third-order valence-corrected chi connectivity index (χ3v) is 4.38. The second-order valence-electron chi connectivity index (χ2n) is 5.89. The summed E-state index contributed by atoms with van der Waals surface area (Å²) in [6.07, 6.45) is 2.50. The Morgan fingerprint density at radius 3 is 2.72 bits per heavy atom. The van der Waals surface area contributed by atoms with Crippen LogP contribution in [-0.2, 0) is 6.42 Å². The summed E-state index contributed by atoms with van der Waals surface area (Å²) in [6.45, 7) is 1.96. The summed E-state index contributed by atoms with van der Waals surface area (Å²) < 4.78 is 17.4. The molecule has 0 amide bonds. The number of phenols is 1. The Morgan fingerprint density at radius 1 is 1.12 bits per heavy atom. The molecule has 0 bridgehead atoms.